The highest BCUT2D eigenvalue weighted by Crippen LogP contribution is 2.37. The number of hydrogen-bond donors (Lipinski definition) is 2. The number of likely N-dealkylation sites (tertiary alicyclic amines) is 1. The Kier molecular flexibility index (Phi) is 5.79. The van der Waals surface area contributed by atoms with Gasteiger partial charge in [0.15, 0.2) is 0 Å². The van der Waals surface area contributed by atoms with Crippen LogP contribution in [-0.2, 0) is 11.2 Å². The molecule has 1 fully saturated rings. The fraction of sp³-hybridized carbons (Fsp3) is 0.650. The van der Waals surface area contributed by atoms with Crippen molar-refractivity contribution in [3.63, 3.8) is 0 Å². The van der Waals surface area contributed by atoms with Gasteiger partial charge in [0.2, 0.25) is 0 Å². The number of carbonyl (C=O) groups excluding carboxylic acids is 1. The van der Waals surface area contributed by atoms with Crippen LogP contribution in [-0.4, -0.2) is 45.4 Å². The average Bonchev–Trinajstić information content (AvgIpc) is 2.81. The minimum Gasteiger partial charge on any atom is -0.444 e. The highest BCUT2D eigenvalue weighted by atomic mass is 16.6. The fourth-order valence-corrected chi connectivity index (χ4v) is 3.51. The summed E-state index contributed by atoms with van der Waals surface area (Å²) >= 11 is 0. The Bertz CT molecular complexity index is 580. The molecule has 1 saturated heterocycles. The van der Waals surface area contributed by atoms with Gasteiger partial charge in [0.05, 0.1) is 12.1 Å². The van der Waals surface area contributed by atoms with Gasteiger partial charge in [-0.15, -0.1) is 0 Å². The Balaban J connectivity index is 2.13. The Hall–Kier alpha value is -1.59. The molecule has 0 radical (unpaired) electrons. The van der Waals surface area contributed by atoms with E-state index in [1.54, 1.807) is 4.90 Å². The van der Waals surface area contributed by atoms with E-state index in [1.807, 2.05) is 65.0 Å². The van der Waals surface area contributed by atoms with Crippen molar-refractivity contribution in [3.8, 4) is 0 Å². The van der Waals surface area contributed by atoms with Gasteiger partial charge in [-0.1, -0.05) is 30.3 Å². The molecule has 0 spiro atoms. The highest BCUT2D eigenvalue weighted by Gasteiger charge is 2.48. The lowest BCUT2D eigenvalue weighted by atomic mass is 9.96. The van der Waals surface area contributed by atoms with Gasteiger partial charge in [-0.2, -0.15) is 0 Å². The molecule has 3 N–H and O–H groups in total. The number of rotatable bonds is 4. The number of carbonyl (C=O) groups is 1. The van der Waals surface area contributed by atoms with E-state index in [9.17, 15) is 9.90 Å². The monoisotopic (exact) mass is 348 g/mol. The molecular weight excluding hydrogens is 316 g/mol. The summed E-state index contributed by atoms with van der Waals surface area (Å²) in [4.78, 5) is 14.4. The number of aliphatic hydroxyl groups excluding tert-OH is 1. The van der Waals surface area contributed by atoms with Crippen LogP contribution in [0, 0.1) is 0 Å². The van der Waals surface area contributed by atoms with E-state index in [0.717, 1.165) is 18.4 Å². The number of ether oxygens (including phenoxy) is 1. The maximum Gasteiger partial charge on any atom is 0.411 e. The first-order valence-corrected chi connectivity index (χ1v) is 9.01. The molecule has 1 aliphatic rings. The summed E-state index contributed by atoms with van der Waals surface area (Å²) in [5.74, 6) is 0. The van der Waals surface area contributed by atoms with Crippen LogP contribution in [0.3, 0.4) is 0 Å². The maximum atomic E-state index is 12.7. The van der Waals surface area contributed by atoms with E-state index in [1.165, 1.54) is 0 Å². The molecule has 1 heterocycles. The summed E-state index contributed by atoms with van der Waals surface area (Å²) in [6.45, 7) is 9.56. The summed E-state index contributed by atoms with van der Waals surface area (Å²) < 4.78 is 5.57. The van der Waals surface area contributed by atoms with E-state index in [-0.39, 0.29) is 17.7 Å². The highest BCUT2D eigenvalue weighted by molar-refractivity contribution is 5.70. The lowest BCUT2D eigenvalue weighted by molar-refractivity contribution is -0.0204. The van der Waals surface area contributed by atoms with Crippen LogP contribution in [0.2, 0.25) is 0 Å². The minimum atomic E-state index is -0.797. The van der Waals surface area contributed by atoms with Gasteiger partial charge in [-0.25, -0.2) is 4.79 Å². The lowest BCUT2D eigenvalue weighted by Gasteiger charge is -2.39. The summed E-state index contributed by atoms with van der Waals surface area (Å²) in [6, 6.07) is 9.10. The van der Waals surface area contributed by atoms with Gasteiger partial charge in [0.25, 0.3) is 0 Å². The Labute approximate surface area is 151 Å². The van der Waals surface area contributed by atoms with Crippen molar-refractivity contribution in [2.24, 2.45) is 5.73 Å². The van der Waals surface area contributed by atoms with Crippen LogP contribution < -0.4 is 5.73 Å². The van der Waals surface area contributed by atoms with Gasteiger partial charge in [-0.3, -0.25) is 4.90 Å². The summed E-state index contributed by atoms with van der Waals surface area (Å²) in [6.07, 6.45) is 0.920. The van der Waals surface area contributed by atoms with Crippen LogP contribution in [0.15, 0.2) is 30.3 Å². The second-order valence-electron chi connectivity index (χ2n) is 8.61. The molecule has 0 saturated carbocycles. The van der Waals surface area contributed by atoms with Gasteiger partial charge in [0, 0.05) is 11.6 Å². The third kappa shape index (κ3) is 4.95. The summed E-state index contributed by atoms with van der Waals surface area (Å²) in [5, 5.41) is 10.9. The third-order valence-corrected chi connectivity index (χ3v) is 4.77. The summed E-state index contributed by atoms with van der Waals surface area (Å²) in [5.41, 5.74) is 6.42. The van der Waals surface area contributed by atoms with E-state index in [0.29, 0.717) is 6.42 Å². The molecule has 3 atom stereocenters. The molecule has 0 bridgehead atoms. The van der Waals surface area contributed by atoms with Crippen LogP contribution in [0.25, 0.3) is 0 Å². The normalized spacial score (nSPS) is 22.5. The van der Waals surface area contributed by atoms with Gasteiger partial charge in [-0.05, 0) is 59.4 Å². The van der Waals surface area contributed by atoms with Crippen molar-refractivity contribution in [2.75, 3.05) is 0 Å². The maximum absolute atomic E-state index is 12.7. The van der Waals surface area contributed by atoms with Crippen molar-refractivity contribution in [3.05, 3.63) is 35.9 Å². The molecule has 2 rings (SSSR count). The fourth-order valence-electron chi connectivity index (χ4n) is 3.51. The number of aliphatic hydroxyl groups is 1. The largest absolute Gasteiger partial charge is 0.444 e. The molecule has 1 amide bonds. The molecule has 0 aliphatic carbocycles. The van der Waals surface area contributed by atoms with Crippen molar-refractivity contribution >= 4 is 6.09 Å². The number of benzene rings is 1. The Morgan fingerprint density at radius 3 is 2.52 bits per heavy atom. The Morgan fingerprint density at radius 1 is 1.36 bits per heavy atom. The molecule has 5 nitrogen and oxygen atoms in total. The number of hydrogen-bond acceptors (Lipinski definition) is 4. The first-order chi connectivity index (χ1) is 11.5. The first-order valence-electron chi connectivity index (χ1n) is 9.01. The predicted molar refractivity (Wildman–Crippen MR) is 99.3 cm³/mol. The van der Waals surface area contributed by atoms with Crippen molar-refractivity contribution < 1.29 is 14.6 Å². The zero-order chi connectivity index (χ0) is 18.8. The average molecular weight is 348 g/mol. The topological polar surface area (TPSA) is 75.8 Å². The smallest absolute Gasteiger partial charge is 0.411 e. The SMILES string of the molecule is CC(C)(C)OC(=O)N1[C@@H]([C@@H](O)[C@@H](N)Cc2ccccc2)CCC1(C)C. The van der Waals surface area contributed by atoms with Crippen LogP contribution in [0.1, 0.15) is 53.0 Å². The zero-order valence-corrected chi connectivity index (χ0v) is 16.0. The Morgan fingerprint density at radius 2 is 1.96 bits per heavy atom. The van der Waals surface area contributed by atoms with Gasteiger partial charge >= 0.3 is 6.09 Å². The number of amides is 1. The lowest BCUT2D eigenvalue weighted by Crippen LogP contribution is -2.56. The van der Waals surface area contributed by atoms with Crippen molar-refractivity contribution in [1.29, 1.82) is 0 Å². The molecule has 140 valence electrons. The molecular formula is C20H32N2O3. The van der Waals surface area contributed by atoms with E-state index in [2.05, 4.69) is 0 Å². The molecule has 5 heteroatoms. The zero-order valence-electron chi connectivity index (χ0n) is 16.0. The molecule has 0 unspecified atom stereocenters. The second-order valence-corrected chi connectivity index (χ2v) is 8.61. The summed E-state index contributed by atoms with van der Waals surface area (Å²) in [7, 11) is 0. The third-order valence-electron chi connectivity index (χ3n) is 4.77. The van der Waals surface area contributed by atoms with Gasteiger partial charge < -0.3 is 15.6 Å². The number of nitrogens with two attached hydrogens (primary N) is 1. The minimum absolute atomic E-state index is 0.330. The molecule has 1 aliphatic heterocycles. The quantitative estimate of drug-likeness (QED) is 0.877. The van der Waals surface area contributed by atoms with Crippen molar-refractivity contribution in [2.45, 2.75) is 83.2 Å². The van der Waals surface area contributed by atoms with E-state index in [4.69, 9.17) is 10.5 Å². The van der Waals surface area contributed by atoms with Crippen LogP contribution in [0.4, 0.5) is 4.79 Å². The predicted octanol–water partition coefficient (Wildman–Crippen LogP) is 3.10. The number of nitrogens with zero attached hydrogens (tertiary/aromatic N) is 1. The van der Waals surface area contributed by atoms with Crippen LogP contribution >= 0.6 is 0 Å². The second kappa shape index (κ2) is 7.34. The van der Waals surface area contributed by atoms with E-state index >= 15 is 0 Å². The molecule has 1 aromatic carbocycles. The molecule has 0 aromatic heterocycles. The van der Waals surface area contributed by atoms with Crippen molar-refractivity contribution in [1.82, 2.24) is 4.90 Å². The standard InChI is InChI=1S/C20H32N2O3/c1-19(2,3)25-18(24)22-16(11-12-20(22,4)5)17(23)15(21)13-14-9-7-6-8-10-14/h6-10,15-17,23H,11-13,21H2,1-5H3/t15-,16+,17-/m0/s1. The molecule has 1 aromatic rings. The van der Waals surface area contributed by atoms with E-state index < -0.39 is 17.7 Å². The van der Waals surface area contributed by atoms with Crippen LogP contribution in [0.5, 0.6) is 0 Å². The molecule has 25 heavy (non-hydrogen) atoms. The van der Waals surface area contributed by atoms with Gasteiger partial charge in [0.1, 0.15) is 5.60 Å². The first kappa shape index (κ1) is 19.7.